The minimum Gasteiger partial charge on any atom is -0.457 e. The molecule has 0 radical (unpaired) electrons. The number of hydrogen-bond acceptors (Lipinski definition) is 4. The Morgan fingerprint density at radius 1 is 1.30 bits per heavy atom. The van der Waals surface area contributed by atoms with E-state index >= 15 is 0 Å². The minimum absolute atomic E-state index is 0.0165. The van der Waals surface area contributed by atoms with Gasteiger partial charge >= 0.3 is 0 Å². The van der Waals surface area contributed by atoms with E-state index < -0.39 is 4.92 Å². The highest BCUT2D eigenvalue weighted by Gasteiger charge is 2.12. The number of nitro groups is 1. The molecule has 1 aromatic heterocycles. The Balaban J connectivity index is 2.39. The molecular weight excluding hydrogens is 258 g/mol. The molecule has 0 fully saturated rings. The van der Waals surface area contributed by atoms with Gasteiger partial charge < -0.3 is 4.42 Å². The normalized spacial score (nSPS) is 10.9. The van der Waals surface area contributed by atoms with Crippen molar-refractivity contribution in [3.63, 3.8) is 0 Å². The van der Waals surface area contributed by atoms with Crippen LogP contribution in [0.5, 0.6) is 0 Å². The lowest BCUT2D eigenvalue weighted by Crippen LogP contribution is -1.89. The van der Waals surface area contributed by atoms with Crippen LogP contribution in [-0.4, -0.2) is 10.7 Å². The summed E-state index contributed by atoms with van der Waals surface area (Å²) in [5, 5.41) is 10.8. The van der Waals surface area contributed by atoms with E-state index in [0.717, 1.165) is 5.56 Å². The Hall–Kier alpha value is -2.69. The second kappa shape index (κ2) is 5.52. The van der Waals surface area contributed by atoms with Gasteiger partial charge in [-0.1, -0.05) is 6.07 Å². The zero-order valence-electron chi connectivity index (χ0n) is 11.1. The van der Waals surface area contributed by atoms with Crippen molar-refractivity contribution in [1.29, 1.82) is 0 Å². The molecule has 1 heterocycles. The number of benzene rings is 1. The molecule has 0 spiro atoms. The average Bonchev–Trinajstić information content (AvgIpc) is 2.85. The zero-order valence-corrected chi connectivity index (χ0v) is 11.1. The van der Waals surface area contributed by atoms with Crippen LogP contribution < -0.4 is 0 Å². The monoisotopic (exact) mass is 271 g/mol. The Labute approximate surface area is 115 Å². The number of nitrogens with zero attached hydrogens (tertiary/aromatic N) is 1. The van der Waals surface area contributed by atoms with E-state index in [1.165, 1.54) is 25.1 Å². The van der Waals surface area contributed by atoms with Crippen molar-refractivity contribution >= 4 is 17.5 Å². The second-order valence-corrected chi connectivity index (χ2v) is 4.40. The summed E-state index contributed by atoms with van der Waals surface area (Å²) in [5.74, 6) is 0.991. The number of hydrogen-bond donors (Lipinski definition) is 0. The number of allylic oxidation sites excluding steroid dienone is 1. The molecule has 102 valence electrons. The van der Waals surface area contributed by atoms with Crippen LogP contribution in [0.25, 0.3) is 17.4 Å². The standard InChI is InChI=1S/C15H13NO4/c1-10-3-5-12(16(18)19)9-14(10)15-8-7-13(20-15)6-4-11(2)17/h3-9H,1-2H3/b6-4+. The van der Waals surface area contributed by atoms with Crippen molar-refractivity contribution in [3.05, 3.63) is 57.8 Å². The molecule has 0 unspecified atom stereocenters. The summed E-state index contributed by atoms with van der Waals surface area (Å²) in [5.41, 5.74) is 1.57. The molecular formula is C15H13NO4. The number of ketones is 1. The van der Waals surface area contributed by atoms with E-state index in [4.69, 9.17) is 4.42 Å². The number of aryl methyl sites for hydroxylation is 1. The first kappa shape index (κ1) is 13.7. The number of furan rings is 1. The number of carbonyl (C=O) groups is 1. The fraction of sp³-hybridized carbons (Fsp3) is 0.133. The van der Waals surface area contributed by atoms with E-state index in [1.807, 2.05) is 6.92 Å². The molecule has 1 aromatic carbocycles. The van der Waals surface area contributed by atoms with Crippen LogP contribution in [0.3, 0.4) is 0 Å². The summed E-state index contributed by atoms with van der Waals surface area (Å²) >= 11 is 0. The summed E-state index contributed by atoms with van der Waals surface area (Å²) in [7, 11) is 0. The van der Waals surface area contributed by atoms with E-state index in [9.17, 15) is 14.9 Å². The fourth-order valence-electron chi connectivity index (χ4n) is 1.78. The first-order valence-corrected chi connectivity index (χ1v) is 6.01. The third kappa shape index (κ3) is 3.00. The van der Waals surface area contributed by atoms with Gasteiger partial charge in [0.1, 0.15) is 11.5 Å². The van der Waals surface area contributed by atoms with Gasteiger partial charge in [-0.15, -0.1) is 0 Å². The smallest absolute Gasteiger partial charge is 0.270 e. The van der Waals surface area contributed by atoms with Gasteiger partial charge in [-0.05, 0) is 43.7 Å². The number of rotatable bonds is 4. The molecule has 5 nitrogen and oxygen atoms in total. The van der Waals surface area contributed by atoms with Gasteiger partial charge in [0.25, 0.3) is 5.69 Å². The van der Waals surface area contributed by atoms with Crippen LogP contribution in [0.15, 0.2) is 40.8 Å². The number of carbonyl (C=O) groups excluding carboxylic acids is 1. The third-order valence-corrected chi connectivity index (χ3v) is 2.81. The molecule has 0 N–H and O–H groups in total. The number of non-ortho nitro benzene ring substituents is 1. The molecule has 0 saturated carbocycles. The van der Waals surface area contributed by atoms with Crippen LogP contribution in [0.1, 0.15) is 18.2 Å². The maximum absolute atomic E-state index is 10.9. The highest BCUT2D eigenvalue weighted by atomic mass is 16.6. The molecule has 20 heavy (non-hydrogen) atoms. The van der Waals surface area contributed by atoms with Crippen LogP contribution >= 0.6 is 0 Å². The summed E-state index contributed by atoms with van der Waals surface area (Å²) in [6.07, 6.45) is 2.97. The van der Waals surface area contributed by atoms with Crippen LogP contribution in [-0.2, 0) is 4.79 Å². The maximum Gasteiger partial charge on any atom is 0.270 e. The average molecular weight is 271 g/mol. The minimum atomic E-state index is -0.442. The van der Waals surface area contributed by atoms with Crippen molar-refractivity contribution in [3.8, 4) is 11.3 Å². The highest BCUT2D eigenvalue weighted by molar-refractivity contribution is 5.91. The number of nitro benzene ring substituents is 1. The summed E-state index contributed by atoms with van der Waals surface area (Å²) in [6.45, 7) is 3.30. The lowest BCUT2D eigenvalue weighted by Gasteiger charge is -2.02. The van der Waals surface area contributed by atoms with Crippen molar-refractivity contribution in [2.75, 3.05) is 0 Å². The van der Waals surface area contributed by atoms with Crippen molar-refractivity contribution in [2.45, 2.75) is 13.8 Å². The van der Waals surface area contributed by atoms with Gasteiger partial charge in [-0.3, -0.25) is 14.9 Å². The predicted octanol–water partition coefficient (Wildman–Crippen LogP) is 3.77. The van der Waals surface area contributed by atoms with Crippen LogP contribution in [0, 0.1) is 17.0 Å². The first-order valence-electron chi connectivity index (χ1n) is 6.01. The third-order valence-electron chi connectivity index (χ3n) is 2.81. The van der Waals surface area contributed by atoms with Gasteiger partial charge in [0, 0.05) is 17.7 Å². The molecule has 0 bridgehead atoms. The molecule has 0 aliphatic carbocycles. The quantitative estimate of drug-likeness (QED) is 0.482. The zero-order chi connectivity index (χ0) is 14.7. The topological polar surface area (TPSA) is 73.3 Å². The second-order valence-electron chi connectivity index (χ2n) is 4.40. The lowest BCUT2D eigenvalue weighted by molar-refractivity contribution is -0.384. The summed E-state index contributed by atoms with van der Waals surface area (Å²) in [4.78, 5) is 21.2. The molecule has 0 atom stereocenters. The Morgan fingerprint density at radius 2 is 2.05 bits per heavy atom. The summed E-state index contributed by atoms with van der Waals surface area (Å²) in [6, 6.07) is 8.06. The van der Waals surface area contributed by atoms with E-state index in [1.54, 1.807) is 24.3 Å². The molecule has 0 aliphatic heterocycles. The molecule has 2 aromatic rings. The van der Waals surface area contributed by atoms with E-state index in [0.29, 0.717) is 17.1 Å². The summed E-state index contributed by atoms with van der Waals surface area (Å²) < 4.78 is 5.57. The molecule has 2 rings (SSSR count). The molecule has 5 heteroatoms. The van der Waals surface area contributed by atoms with Crippen LogP contribution in [0.2, 0.25) is 0 Å². The highest BCUT2D eigenvalue weighted by Crippen LogP contribution is 2.29. The van der Waals surface area contributed by atoms with Crippen molar-refractivity contribution < 1.29 is 14.1 Å². The molecule has 0 saturated heterocycles. The fourth-order valence-corrected chi connectivity index (χ4v) is 1.78. The molecule has 0 aliphatic rings. The van der Waals surface area contributed by atoms with Gasteiger partial charge in [0.05, 0.1) is 4.92 Å². The Bertz CT molecular complexity index is 698. The van der Waals surface area contributed by atoms with Gasteiger partial charge in [0.15, 0.2) is 5.78 Å². The van der Waals surface area contributed by atoms with Crippen molar-refractivity contribution in [1.82, 2.24) is 0 Å². The molecule has 0 amide bonds. The van der Waals surface area contributed by atoms with Gasteiger partial charge in [0.2, 0.25) is 0 Å². The Morgan fingerprint density at radius 3 is 2.70 bits per heavy atom. The van der Waals surface area contributed by atoms with Crippen LogP contribution in [0.4, 0.5) is 5.69 Å². The largest absolute Gasteiger partial charge is 0.457 e. The lowest BCUT2D eigenvalue weighted by atomic mass is 10.1. The predicted molar refractivity (Wildman–Crippen MR) is 75.3 cm³/mol. The SMILES string of the molecule is CC(=O)/C=C/c1ccc(-c2cc([N+](=O)[O-])ccc2C)o1. The van der Waals surface area contributed by atoms with E-state index in [-0.39, 0.29) is 11.5 Å². The maximum atomic E-state index is 10.9. The van der Waals surface area contributed by atoms with Gasteiger partial charge in [-0.25, -0.2) is 0 Å². The Kier molecular flexibility index (Phi) is 3.79. The van der Waals surface area contributed by atoms with Gasteiger partial charge in [-0.2, -0.15) is 0 Å². The van der Waals surface area contributed by atoms with E-state index in [2.05, 4.69) is 0 Å². The first-order chi connectivity index (χ1) is 9.47. The van der Waals surface area contributed by atoms with Crippen molar-refractivity contribution in [2.24, 2.45) is 0 Å².